The van der Waals surface area contributed by atoms with Crippen molar-refractivity contribution in [3.8, 4) is 0 Å². The molecule has 28 heavy (non-hydrogen) atoms. The molecule has 0 aliphatic carbocycles. The summed E-state index contributed by atoms with van der Waals surface area (Å²) in [5, 5.41) is 8.11. The summed E-state index contributed by atoms with van der Waals surface area (Å²) >= 11 is 5.45. The number of hydrogen-bond acceptors (Lipinski definition) is 4. The summed E-state index contributed by atoms with van der Waals surface area (Å²) in [6, 6.07) is 4.80. The second-order valence-corrected chi connectivity index (χ2v) is 10.0. The molecule has 152 valence electrons. The van der Waals surface area contributed by atoms with Crippen LogP contribution in [0.4, 0.5) is 10.1 Å². The van der Waals surface area contributed by atoms with Crippen LogP contribution in [0.25, 0.3) is 0 Å². The van der Waals surface area contributed by atoms with E-state index in [0.717, 1.165) is 17.0 Å². The highest BCUT2D eigenvalue weighted by Crippen LogP contribution is 2.27. The average molecular weight is 425 g/mol. The first-order valence-electron chi connectivity index (χ1n) is 9.10. The van der Waals surface area contributed by atoms with Crippen molar-refractivity contribution in [2.24, 2.45) is 0 Å². The van der Waals surface area contributed by atoms with Crippen LogP contribution in [-0.4, -0.2) is 46.8 Å². The topological polar surface area (TPSA) is 67.2 Å². The van der Waals surface area contributed by atoms with E-state index in [2.05, 4.69) is 10.4 Å². The lowest BCUT2D eigenvalue weighted by Gasteiger charge is -2.22. The number of anilines is 1. The van der Waals surface area contributed by atoms with Gasteiger partial charge in [0.2, 0.25) is 0 Å². The number of rotatable bonds is 4. The summed E-state index contributed by atoms with van der Waals surface area (Å²) in [5.74, 6) is 0.0742. The van der Waals surface area contributed by atoms with Gasteiger partial charge in [0.25, 0.3) is 0 Å². The summed E-state index contributed by atoms with van der Waals surface area (Å²) in [5.41, 5.74) is 4.01. The molecule has 0 unspecified atom stereocenters. The minimum absolute atomic E-state index is 0.108. The molecule has 1 saturated heterocycles. The van der Waals surface area contributed by atoms with Crippen molar-refractivity contribution >= 4 is 32.9 Å². The molecule has 3 rings (SSSR count). The van der Waals surface area contributed by atoms with Crippen molar-refractivity contribution in [1.82, 2.24) is 14.7 Å². The van der Waals surface area contributed by atoms with Gasteiger partial charge in [-0.3, -0.25) is 4.68 Å². The van der Waals surface area contributed by atoms with Crippen LogP contribution in [0.2, 0.25) is 0 Å². The third-order valence-electron chi connectivity index (χ3n) is 5.19. The average Bonchev–Trinajstić information content (AvgIpc) is 3.11. The van der Waals surface area contributed by atoms with Crippen LogP contribution in [-0.2, 0) is 16.4 Å². The Labute approximate surface area is 170 Å². The van der Waals surface area contributed by atoms with Crippen molar-refractivity contribution in [2.75, 3.05) is 23.9 Å². The minimum atomic E-state index is -2.97. The molecule has 1 atom stereocenters. The van der Waals surface area contributed by atoms with Gasteiger partial charge < -0.3 is 10.2 Å². The molecule has 0 saturated carbocycles. The van der Waals surface area contributed by atoms with E-state index in [9.17, 15) is 12.8 Å². The van der Waals surface area contributed by atoms with E-state index >= 15 is 0 Å². The lowest BCUT2D eigenvalue weighted by molar-refractivity contribution is 0.479. The molecule has 1 aliphatic heterocycles. The van der Waals surface area contributed by atoms with Crippen molar-refractivity contribution in [3.63, 3.8) is 0 Å². The summed E-state index contributed by atoms with van der Waals surface area (Å²) in [6.45, 7) is 6.11. The van der Waals surface area contributed by atoms with Gasteiger partial charge in [0.1, 0.15) is 5.82 Å². The van der Waals surface area contributed by atoms with E-state index in [1.165, 1.54) is 6.07 Å². The molecule has 1 aromatic heterocycles. The van der Waals surface area contributed by atoms with E-state index in [0.29, 0.717) is 29.3 Å². The Bertz CT molecular complexity index is 1020. The maximum absolute atomic E-state index is 13.7. The number of aryl methyl sites for hydroxylation is 2. The predicted octanol–water partition coefficient (Wildman–Crippen LogP) is 3.14. The summed E-state index contributed by atoms with van der Waals surface area (Å²) in [6.07, 6.45) is 0.596. The number of halogens is 1. The van der Waals surface area contributed by atoms with E-state index < -0.39 is 9.84 Å². The second-order valence-electron chi connectivity index (χ2n) is 7.40. The molecule has 1 aromatic carbocycles. The predicted molar refractivity (Wildman–Crippen MR) is 113 cm³/mol. The van der Waals surface area contributed by atoms with Crippen LogP contribution >= 0.6 is 12.2 Å². The van der Waals surface area contributed by atoms with E-state index in [1.54, 1.807) is 19.1 Å². The molecule has 1 fully saturated rings. The van der Waals surface area contributed by atoms with Gasteiger partial charge in [-0.25, -0.2) is 12.8 Å². The van der Waals surface area contributed by atoms with Gasteiger partial charge >= 0.3 is 0 Å². The number of aromatic nitrogens is 2. The zero-order chi connectivity index (χ0) is 20.6. The normalized spacial score (nSPS) is 18.2. The van der Waals surface area contributed by atoms with Gasteiger partial charge in [-0.05, 0) is 57.1 Å². The monoisotopic (exact) mass is 424 g/mol. The zero-order valence-electron chi connectivity index (χ0n) is 16.5. The third kappa shape index (κ3) is 4.35. The summed E-state index contributed by atoms with van der Waals surface area (Å²) in [7, 11) is -1.12. The first kappa shape index (κ1) is 20.7. The van der Waals surface area contributed by atoms with Crippen molar-refractivity contribution in [2.45, 2.75) is 39.8 Å². The van der Waals surface area contributed by atoms with Crippen LogP contribution in [0.15, 0.2) is 18.2 Å². The minimum Gasteiger partial charge on any atom is -0.348 e. The third-order valence-corrected chi connectivity index (χ3v) is 7.36. The Morgan fingerprint density at radius 2 is 2.11 bits per heavy atom. The lowest BCUT2D eigenvalue weighted by atomic mass is 10.1. The molecule has 0 radical (unpaired) electrons. The molecule has 0 spiro atoms. The van der Waals surface area contributed by atoms with Crippen molar-refractivity contribution in [1.29, 1.82) is 0 Å². The number of thiocarbonyl (C=S) groups is 1. The van der Waals surface area contributed by atoms with Crippen LogP contribution in [0.1, 0.15) is 35.0 Å². The molecule has 1 N–H and O–H groups in total. The number of sulfone groups is 1. The van der Waals surface area contributed by atoms with Gasteiger partial charge in [0, 0.05) is 30.5 Å². The largest absolute Gasteiger partial charge is 0.348 e. The molecular weight excluding hydrogens is 399 g/mol. The Kier molecular flexibility index (Phi) is 5.77. The molecule has 0 bridgehead atoms. The summed E-state index contributed by atoms with van der Waals surface area (Å²) in [4.78, 5) is 1.86. The molecule has 2 aromatic rings. The molecular formula is C19H25FN4O2S2. The Balaban J connectivity index is 1.72. The van der Waals surface area contributed by atoms with Crippen molar-refractivity contribution in [3.05, 3.63) is 46.5 Å². The van der Waals surface area contributed by atoms with Crippen LogP contribution in [0, 0.1) is 26.6 Å². The fraction of sp³-hybridized carbons (Fsp3) is 0.474. The van der Waals surface area contributed by atoms with Crippen molar-refractivity contribution < 1.29 is 12.8 Å². The number of hydrogen-bond donors (Lipinski definition) is 1. The highest BCUT2D eigenvalue weighted by molar-refractivity contribution is 7.91. The molecule has 1 aliphatic rings. The van der Waals surface area contributed by atoms with E-state index in [4.69, 9.17) is 12.2 Å². The zero-order valence-corrected chi connectivity index (χ0v) is 18.1. The Hall–Kier alpha value is -2.00. The molecule has 2 heterocycles. The Morgan fingerprint density at radius 1 is 1.39 bits per heavy atom. The van der Waals surface area contributed by atoms with E-state index in [1.807, 2.05) is 30.5 Å². The SMILES string of the molecule is Cc1ccc(NC(=S)N(C)Cc2c(C)nn([C@@H]3CCS(=O)(=O)C3)c2C)cc1F. The van der Waals surface area contributed by atoms with Gasteiger partial charge in [-0.15, -0.1) is 0 Å². The highest BCUT2D eigenvalue weighted by Gasteiger charge is 2.31. The molecule has 9 heteroatoms. The van der Waals surface area contributed by atoms with Gasteiger partial charge in [-0.1, -0.05) is 6.07 Å². The number of nitrogens with zero attached hydrogens (tertiary/aromatic N) is 3. The molecule has 6 nitrogen and oxygen atoms in total. The van der Waals surface area contributed by atoms with Crippen LogP contribution in [0.5, 0.6) is 0 Å². The van der Waals surface area contributed by atoms with Crippen LogP contribution < -0.4 is 5.32 Å². The molecule has 0 amide bonds. The smallest absolute Gasteiger partial charge is 0.173 e. The van der Waals surface area contributed by atoms with Crippen LogP contribution in [0.3, 0.4) is 0 Å². The summed E-state index contributed by atoms with van der Waals surface area (Å²) < 4.78 is 39.2. The first-order valence-corrected chi connectivity index (χ1v) is 11.3. The standard InChI is InChI=1S/C19H25FN4O2S2/c1-12-5-6-15(9-18(12)20)21-19(27)23(4)10-17-13(2)22-24(14(17)3)16-7-8-28(25,26)11-16/h5-6,9,16H,7-8,10-11H2,1-4H3,(H,21,27)/t16-/m1/s1. The van der Waals surface area contributed by atoms with Gasteiger partial charge in [0.15, 0.2) is 14.9 Å². The second kappa shape index (κ2) is 7.79. The Morgan fingerprint density at radius 3 is 2.71 bits per heavy atom. The maximum atomic E-state index is 13.7. The fourth-order valence-electron chi connectivity index (χ4n) is 3.45. The van der Waals surface area contributed by atoms with Gasteiger partial charge in [0.05, 0.1) is 23.2 Å². The fourth-order valence-corrected chi connectivity index (χ4v) is 5.32. The maximum Gasteiger partial charge on any atom is 0.173 e. The number of benzene rings is 1. The van der Waals surface area contributed by atoms with E-state index in [-0.39, 0.29) is 23.4 Å². The first-order chi connectivity index (χ1) is 13.1. The lowest BCUT2D eigenvalue weighted by Crippen LogP contribution is -2.31. The van der Waals surface area contributed by atoms with Gasteiger partial charge in [-0.2, -0.15) is 5.10 Å². The quantitative estimate of drug-likeness (QED) is 0.761. The highest BCUT2D eigenvalue weighted by atomic mass is 32.2. The number of nitrogens with one attached hydrogen (secondary N) is 1.